The molecular formula is C21H22ClN5. The Balaban J connectivity index is 1.53. The van der Waals surface area contributed by atoms with Crippen molar-refractivity contribution in [3.8, 4) is 0 Å². The van der Waals surface area contributed by atoms with Crippen LogP contribution in [0.25, 0.3) is 0 Å². The van der Waals surface area contributed by atoms with E-state index in [4.69, 9.17) is 16.7 Å². The number of rotatable bonds is 4. The van der Waals surface area contributed by atoms with Crippen LogP contribution in [0.5, 0.6) is 0 Å². The van der Waals surface area contributed by atoms with E-state index in [0.29, 0.717) is 5.02 Å². The molecule has 4 heterocycles. The summed E-state index contributed by atoms with van der Waals surface area (Å²) in [4.78, 5) is 7.52. The van der Waals surface area contributed by atoms with Gasteiger partial charge < -0.3 is 0 Å². The third-order valence-corrected chi connectivity index (χ3v) is 5.93. The van der Waals surface area contributed by atoms with E-state index in [1.165, 1.54) is 0 Å². The van der Waals surface area contributed by atoms with Gasteiger partial charge in [0.2, 0.25) is 0 Å². The first kappa shape index (κ1) is 17.1. The van der Waals surface area contributed by atoms with Crippen molar-refractivity contribution < 1.29 is 0 Å². The summed E-state index contributed by atoms with van der Waals surface area (Å²) in [6, 6.07) is 18.2. The van der Waals surface area contributed by atoms with Gasteiger partial charge >= 0.3 is 0 Å². The summed E-state index contributed by atoms with van der Waals surface area (Å²) in [6.07, 6.45) is 1.76. The van der Waals surface area contributed by atoms with E-state index < -0.39 is 0 Å². The number of nitrogens with zero attached hydrogens (tertiary/aromatic N) is 5. The lowest BCUT2D eigenvalue weighted by molar-refractivity contribution is -0.149. The third-order valence-electron chi connectivity index (χ3n) is 5.59. The Morgan fingerprint density at radius 2 is 1.44 bits per heavy atom. The van der Waals surface area contributed by atoms with E-state index in [2.05, 4.69) is 44.1 Å². The number of halogens is 1. The van der Waals surface area contributed by atoms with Gasteiger partial charge in [0.05, 0.1) is 37.3 Å². The van der Waals surface area contributed by atoms with E-state index in [0.717, 1.165) is 56.5 Å². The lowest BCUT2D eigenvalue weighted by atomic mass is 9.74. The van der Waals surface area contributed by atoms with Gasteiger partial charge in [-0.15, -0.1) is 0 Å². The van der Waals surface area contributed by atoms with Crippen LogP contribution in [0.3, 0.4) is 0 Å². The van der Waals surface area contributed by atoms with Crippen LogP contribution in [0.15, 0.2) is 64.8 Å². The first-order valence-electron chi connectivity index (χ1n) is 9.30. The zero-order valence-corrected chi connectivity index (χ0v) is 15.9. The molecule has 0 atom stereocenters. The van der Waals surface area contributed by atoms with E-state index in [1.54, 1.807) is 6.21 Å². The van der Waals surface area contributed by atoms with Crippen molar-refractivity contribution in [2.45, 2.75) is 0 Å². The Morgan fingerprint density at radius 3 is 2.07 bits per heavy atom. The number of benzene rings is 2. The molecule has 138 valence electrons. The van der Waals surface area contributed by atoms with Crippen LogP contribution in [0.1, 0.15) is 11.1 Å². The second kappa shape index (κ2) is 6.84. The van der Waals surface area contributed by atoms with Gasteiger partial charge in [0.15, 0.2) is 0 Å². The van der Waals surface area contributed by atoms with Gasteiger partial charge in [-0.2, -0.15) is 10.2 Å². The summed E-state index contributed by atoms with van der Waals surface area (Å²) in [5.74, 6) is 0. The Bertz CT molecular complexity index is 857. The molecule has 0 aliphatic carbocycles. The molecule has 4 fully saturated rings. The highest BCUT2D eigenvalue weighted by Crippen LogP contribution is 2.38. The molecule has 2 aromatic rings. The fourth-order valence-corrected chi connectivity index (χ4v) is 4.92. The summed E-state index contributed by atoms with van der Waals surface area (Å²) in [7, 11) is 0. The van der Waals surface area contributed by atoms with E-state index >= 15 is 0 Å². The average molecular weight is 380 g/mol. The molecule has 0 N–H and O–H groups in total. The van der Waals surface area contributed by atoms with Gasteiger partial charge in [0.1, 0.15) is 0 Å². The van der Waals surface area contributed by atoms with Gasteiger partial charge in [0, 0.05) is 30.2 Å². The molecular weight excluding hydrogens is 358 g/mol. The van der Waals surface area contributed by atoms with Crippen LogP contribution in [-0.2, 0) is 0 Å². The van der Waals surface area contributed by atoms with E-state index in [-0.39, 0.29) is 5.41 Å². The Hall–Kier alpha value is -2.05. The highest BCUT2D eigenvalue weighted by molar-refractivity contribution is 6.33. The van der Waals surface area contributed by atoms with E-state index in [9.17, 15) is 0 Å². The molecule has 4 aliphatic rings. The highest BCUT2D eigenvalue weighted by Gasteiger charge is 2.51. The van der Waals surface area contributed by atoms with Gasteiger partial charge in [-0.05, 0) is 11.6 Å². The number of hydrogen-bond acceptors (Lipinski definition) is 5. The molecule has 0 radical (unpaired) electrons. The van der Waals surface area contributed by atoms with Gasteiger partial charge in [-0.3, -0.25) is 14.7 Å². The van der Waals surface area contributed by atoms with Crippen molar-refractivity contribution in [2.24, 2.45) is 15.6 Å². The predicted molar refractivity (Wildman–Crippen MR) is 109 cm³/mol. The van der Waals surface area contributed by atoms with Gasteiger partial charge in [-0.1, -0.05) is 60.1 Å². The average Bonchev–Trinajstić information content (AvgIpc) is 2.66. The Kier molecular flexibility index (Phi) is 4.32. The Morgan fingerprint density at radius 1 is 0.852 bits per heavy atom. The molecule has 0 amide bonds. The lowest BCUT2D eigenvalue weighted by Crippen LogP contribution is -2.74. The molecule has 4 aliphatic heterocycles. The molecule has 0 unspecified atom stereocenters. The molecule has 0 aromatic heterocycles. The molecule has 6 rings (SSSR count). The smallest absolute Gasteiger partial charge is 0.0802 e. The van der Waals surface area contributed by atoms with Crippen molar-refractivity contribution >= 4 is 23.5 Å². The van der Waals surface area contributed by atoms with Crippen LogP contribution >= 0.6 is 11.6 Å². The second-order valence-electron chi connectivity index (χ2n) is 7.77. The predicted octanol–water partition coefficient (Wildman–Crippen LogP) is 2.97. The van der Waals surface area contributed by atoms with Crippen molar-refractivity contribution in [1.29, 1.82) is 0 Å². The fourth-order valence-electron chi connectivity index (χ4n) is 4.74. The largest absolute Gasteiger partial charge is 0.276 e. The van der Waals surface area contributed by atoms with Gasteiger partial charge in [-0.25, -0.2) is 0 Å². The molecule has 6 heteroatoms. The first-order valence-corrected chi connectivity index (χ1v) is 9.68. The zero-order chi connectivity index (χ0) is 18.3. The maximum Gasteiger partial charge on any atom is 0.0802 e. The van der Waals surface area contributed by atoms with Crippen molar-refractivity contribution in [1.82, 2.24) is 14.7 Å². The normalized spacial score (nSPS) is 32.3. The van der Waals surface area contributed by atoms with Crippen molar-refractivity contribution in [3.63, 3.8) is 0 Å². The SMILES string of the molecule is Clc1ccccc1/C=N\N=C(c1ccccc1)C12CN3CN(CN(C3)C1)C2. The van der Waals surface area contributed by atoms with Gasteiger partial charge in [0.25, 0.3) is 0 Å². The zero-order valence-electron chi connectivity index (χ0n) is 15.1. The fraction of sp³-hybridized carbons (Fsp3) is 0.333. The van der Waals surface area contributed by atoms with E-state index in [1.807, 2.05) is 30.3 Å². The summed E-state index contributed by atoms with van der Waals surface area (Å²) >= 11 is 6.25. The molecule has 27 heavy (non-hydrogen) atoms. The third kappa shape index (κ3) is 3.21. The summed E-state index contributed by atoms with van der Waals surface area (Å²) < 4.78 is 0. The molecule has 0 spiro atoms. The molecule has 5 nitrogen and oxygen atoms in total. The highest BCUT2D eigenvalue weighted by atomic mass is 35.5. The van der Waals surface area contributed by atoms with Crippen LogP contribution in [0, 0.1) is 5.41 Å². The quantitative estimate of drug-likeness (QED) is 0.605. The summed E-state index contributed by atoms with van der Waals surface area (Å²) in [6.45, 7) is 6.29. The molecule has 2 aromatic carbocycles. The Labute approximate surface area is 164 Å². The summed E-state index contributed by atoms with van der Waals surface area (Å²) in [5, 5.41) is 9.92. The standard InChI is InChI=1S/C21H22ClN5/c22-19-9-5-4-8-18(19)10-23-24-20(17-6-2-1-3-7-17)21-11-25-14-26(12-21)16-27(13-21)15-25/h1-10H,11-16H2/b23-10-,24-20?. The monoisotopic (exact) mass is 379 g/mol. The molecule has 4 bridgehead atoms. The minimum Gasteiger partial charge on any atom is -0.276 e. The molecule has 0 saturated carbocycles. The number of hydrogen-bond donors (Lipinski definition) is 0. The maximum atomic E-state index is 6.25. The van der Waals surface area contributed by atoms with Crippen molar-refractivity contribution in [2.75, 3.05) is 39.6 Å². The topological polar surface area (TPSA) is 34.4 Å². The van der Waals surface area contributed by atoms with Crippen LogP contribution < -0.4 is 0 Å². The minimum atomic E-state index is -0.00603. The van der Waals surface area contributed by atoms with Crippen molar-refractivity contribution in [3.05, 3.63) is 70.7 Å². The second-order valence-corrected chi connectivity index (χ2v) is 8.18. The lowest BCUT2D eigenvalue weighted by Gasteiger charge is -2.60. The summed E-state index contributed by atoms with van der Waals surface area (Å²) in [5.41, 5.74) is 3.11. The first-order chi connectivity index (χ1) is 13.2. The minimum absolute atomic E-state index is 0.00603. The molecule has 4 saturated heterocycles. The van der Waals surface area contributed by atoms with Crippen LogP contribution in [-0.4, -0.2) is 66.3 Å². The van der Waals surface area contributed by atoms with Crippen LogP contribution in [0.2, 0.25) is 5.02 Å². The van der Waals surface area contributed by atoms with Crippen LogP contribution in [0.4, 0.5) is 0 Å². The maximum absolute atomic E-state index is 6.25.